The Labute approximate surface area is 105 Å². The first-order valence-corrected chi connectivity index (χ1v) is 6.49. The molecule has 0 N–H and O–H groups in total. The minimum Gasteiger partial charge on any atom is -0.338 e. The maximum Gasteiger partial charge on any atom is 0.257 e. The summed E-state index contributed by atoms with van der Waals surface area (Å²) in [5.74, 6) is 0.0388. The second-order valence-corrected chi connectivity index (χ2v) is 4.58. The number of carbonyl (C=O) groups excluding carboxylic acids is 1. The van der Waals surface area contributed by atoms with Gasteiger partial charge in [-0.2, -0.15) is 5.10 Å². The number of hydrogen-bond acceptors (Lipinski definition) is 2. The van der Waals surface area contributed by atoms with Gasteiger partial charge in [0, 0.05) is 31.7 Å². The monoisotopic (exact) mass is 287 g/mol. The second-order valence-electron chi connectivity index (χ2n) is 3.94. The van der Waals surface area contributed by atoms with E-state index in [-0.39, 0.29) is 11.9 Å². The lowest BCUT2D eigenvalue weighted by Gasteiger charge is -2.22. The zero-order valence-corrected chi connectivity index (χ0v) is 11.8. The Morgan fingerprint density at radius 3 is 2.81 bits per heavy atom. The minimum absolute atomic E-state index is 0.0388. The highest BCUT2D eigenvalue weighted by Gasteiger charge is 2.21. The van der Waals surface area contributed by atoms with Gasteiger partial charge in [-0.3, -0.25) is 9.48 Å². The zero-order valence-electron chi connectivity index (χ0n) is 10.2. The van der Waals surface area contributed by atoms with Crippen molar-refractivity contribution < 1.29 is 4.79 Å². The molecule has 90 valence electrons. The van der Waals surface area contributed by atoms with E-state index in [0.717, 1.165) is 17.4 Å². The molecule has 0 radical (unpaired) electrons. The number of aryl methyl sites for hydroxylation is 2. The third kappa shape index (κ3) is 2.64. The molecule has 0 aliphatic heterocycles. The van der Waals surface area contributed by atoms with Gasteiger partial charge in [0.05, 0.1) is 11.3 Å². The van der Waals surface area contributed by atoms with Crippen LogP contribution in [-0.4, -0.2) is 39.0 Å². The SMILES string of the molecule is CCc1nn(C)cc1C(=O)N(C)C(C)CBr. The highest BCUT2D eigenvalue weighted by Crippen LogP contribution is 2.12. The van der Waals surface area contributed by atoms with Gasteiger partial charge in [-0.05, 0) is 13.3 Å². The van der Waals surface area contributed by atoms with Crippen LogP contribution < -0.4 is 0 Å². The molecule has 5 heteroatoms. The van der Waals surface area contributed by atoms with Crippen LogP contribution in [0.2, 0.25) is 0 Å². The molecule has 1 rings (SSSR count). The molecule has 1 atom stereocenters. The summed E-state index contributed by atoms with van der Waals surface area (Å²) in [4.78, 5) is 13.9. The molecular formula is C11H18BrN3O. The first kappa shape index (κ1) is 13.2. The Morgan fingerprint density at radius 1 is 1.69 bits per heavy atom. The van der Waals surface area contributed by atoms with Crippen LogP contribution in [-0.2, 0) is 13.5 Å². The number of alkyl halides is 1. The Balaban J connectivity index is 2.95. The van der Waals surface area contributed by atoms with Gasteiger partial charge in [-0.1, -0.05) is 22.9 Å². The average molecular weight is 288 g/mol. The Kier molecular flexibility index (Phi) is 4.53. The van der Waals surface area contributed by atoms with E-state index in [1.165, 1.54) is 0 Å². The van der Waals surface area contributed by atoms with Gasteiger partial charge in [0.1, 0.15) is 0 Å². The molecule has 0 aliphatic carbocycles. The molecule has 0 saturated heterocycles. The van der Waals surface area contributed by atoms with Crippen molar-refractivity contribution in [2.24, 2.45) is 7.05 Å². The summed E-state index contributed by atoms with van der Waals surface area (Å²) >= 11 is 3.38. The number of aromatic nitrogens is 2. The summed E-state index contributed by atoms with van der Waals surface area (Å²) in [6.07, 6.45) is 2.57. The Hall–Kier alpha value is -0.840. The van der Waals surface area contributed by atoms with Crippen molar-refractivity contribution in [3.8, 4) is 0 Å². The highest BCUT2D eigenvalue weighted by molar-refractivity contribution is 9.09. The van der Waals surface area contributed by atoms with Crippen molar-refractivity contribution >= 4 is 21.8 Å². The molecule has 1 aromatic heterocycles. The standard InChI is InChI=1S/C11H18BrN3O/c1-5-10-9(7-14(3)13-10)11(16)15(4)8(2)6-12/h7-8H,5-6H2,1-4H3. The van der Waals surface area contributed by atoms with Crippen LogP contribution in [0.5, 0.6) is 0 Å². The van der Waals surface area contributed by atoms with Crippen LogP contribution in [0.25, 0.3) is 0 Å². The summed E-state index contributed by atoms with van der Waals surface area (Å²) in [5, 5.41) is 5.05. The number of amides is 1. The average Bonchev–Trinajstić information content (AvgIpc) is 2.67. The van der Waals surface area contributed by atoms with Crippen LogP contribution >= 0.6 is 15.9 Å². The van der Waals surface area contributed by atoms with E-state index in [1.54, 1.807) is 15.8 Å². The third-order valence-corrected chi connectivity index (χ3v) is 3.61. The zero-order chi connectivity index (χ0) is 12.3. The van der Waals surface area contributed by atoms with Crippen LogP contribution in [0.4, 0.5) is 0 Å². The number of nitrogens with zero attached hydrogens (tertiary/aromatic N) is 3. The highest BCUT2D eigenvalue weighted by atomic mass is 79.9. The van der Waals surface area contributed by atoms with Gasteiger partial charge < -0.3 is 4.90 Å². The third-order valence-electron chi connectivity index (χ3n) is 2.68. The normalized spacial score (nSPS) is 12.6. The first-order valence-electron chi connectivity index (χ1n) is 5.36. The minimum atomic E-state index is 0.0388. The maximum absolute atomic E-state index is 12.2. The van der Waals surface area contributed by atoms with Crippen LogP contribution in [0, 0.1) is 0 Å². The molecule has 1 unspecified atom stereocenters. The first-order chi connectivity index (χ1) is 7.51. The Bertz CT molecular complexity index is 375. The van der Waals surface area contributed by atoms with E-state index in [1.807, 2.05) is 27.9 Å². The molecule has 0 fully saturated rings. The van der Waals surface area contributed by atoms with E-state index in [9.17, 15) is 4.79 Å². The van der Waals surface area contributed by atoms with Crippen molar-refractivity contribution in [3.05, 3.63) is 17.5 Å². The van der Waals surface area contributed by atoms with Crippen LogP contribution in [0.1, 0.15) is 29.9 Å². The van der Waals surface area contributed by atoms with Crippen molar-refractivity contribution in [1.29, 1.82) is 0 Å². The number of halogens is 1. The van der Waals surface area contributed by atoms with Gasteiger partial charge in [0.15, 0.2) is 0 Å². The van der Waals surface area contributed by atoms with Gasteiger partial charge in [-0.15, -0.1) is 0 Å². The van der Waals surface area contributed by atoms with E-state index in [4.69, 9.17) is 0 Å². The lowest BCUT2D eigenvalue weighted by molar-refractivity contribution is 0.0757. The lowest BCUT2D eigenvalue weighted by Crippen LogP contribution is -2.36. The molecule has 1 aromatic rings. The summed E-state index contributed by atoms with van der Waals surface area (Å²) < 4.78 is 1.69. The molecular weight excluding hydrogens is 270 g/mol. The summed E-state index contributed by atoms with van der Waals surface area (Å²) in [6.45, 7) is 4.02. The van der Waals surface area contributed by atoms with Gasteiger partial charge in [0.25, 0.3) is 5.91 Å². The van der Waals surface area contributed by atoms with E-state index in [2.05, 4.69) is 21.0 Å². The topological polar surface area (TPSA) is 38.1 Å². The fourth-order valence-electron chi connectivity index (χ4n) is 1.47. The second kappa shape index (κ2) is 5.48. The fraction of sp³-hybridized carbons (Fsp3) is 0.636. The number of rotatable bonds is 4. The van der Waals surface area contributed by atoms with Crippen molar-refractivity contribution in [1.82, 2.24) is 14.7 Å². The molecule has 0 spiro atoms. The van der Waals surface area contributed by atoms with Gasteiger partial charge >= 0.3 is 0 Å². The van der Waals surface area contributed by atoms with Crippen LogP contribution in [0.15, 0.2) is 6.20 Å². The van der Waals surface area contributed by atoms with Crippen molar-refractivity contribution in [2.45, 2.75) is 26.3 Å². The molecule has 0 aromatic carbocycles. The predicted molar refractivity (Wildman–Crippen MR) is 67.9 cm³/mol. The quantitative estimate of drug-likeness (QED) is 0.793. The van der Waals surface area contributed by atoms with E-state index >= 15 is 0 Å². The summed E-state index contributed by atoms with van der Waals surface area (Å²) in [5.41, 5.74) is 1.57. The molecule has 1 amide bonds. The maximum atomic E-state index is 12.2. The predicted octanol–water partition coefficient (Wildman–Crippen LogP) is 1.84. The van der Waals surface area contributed by atoms with E-state index < -0.39 is 0 Å². The van der Waals surface area contributed by atoms with Gasteiger partial charge in [0.2, 0.25) is 0 Å². The molecule has 16 heavy (non-hydrogen) atoms. The molecule has 0 aliphatic rings. The van der Waals surface area contributed by atoms with Gasteiger partial charge in [-0.25, -0.2) is 0 Å². The largest absolute Gasteiger partial charge is 0.338 e. The van der Waals surface area contributed by atoms with E-state index in [0.29, 0.717) is 5.56 Å². The number of carbonyl (C=O) groups is 1. The van der Waals surface area contributed by atoms with Crippen LogP contribution in [0.3, 0.4) is 0 Å². The molecule has 0 saturated carbocycles. The van der Waals surface area contributed by atoms with Crippen molar-refractivity contribution in [2.75, 3.05) is 12.4 Å². The molecule has 0 bridgehead atoms. The lowest BCUT2D eigenvalue weighted by atomic mass is 10.1. The Morgan fingerprint density at radius 2 is 2.31 bits per heavy atom. The smallest absolute Gasteiger partial charge is 0.257 e. The number of hydrogen-bond donors (Lipinski definition) is 0. The summed E-state index contributed by atoms with van der Waals surface area (Å²) in [6, 6.07) is 0.178. The van der Waals surface area contributed by atoms with Crippen molar-refractivity contribution in [3.63, 3.8) is 0 Å². The summed E-state index contributed by atoms with van der Waals surface area (Å²) in [7, 11) is 3.66. The molecule has 4 nitrogen and oxygen atoms in total. The molecule has 1 heterocycles. The fourth-order valence-corrected chi connectivity index (χ4v) is 1.90.